The molecule has 3 aromatic carbocycles. The number of fused-ring (bicyclic) bond motifs is 1. The molecular weight excluding hydrogens is 454 g/mol. The van der Waals surface area contributed by atoms with Gasteiger partial charge in [-0.25, -0.2) is 0 Å². The second-order valence-corrected chi connectivity index (χ2v) is 8.31. The molecule has 1 heterocycles. The molecule has 1 aliphatic rings. The normalized spacial score (nSPS) is 15.5. The topological polar surface area (TPSA) is 66.8 Å². The first kappa shape index (κ1) is 19.5. The Hall–Kier alpha value is -2.77. The van der Waals surface area contributed by atoms with E-state index in [2.05, 4.69) is 15.9 Å². The van der Waals surface area contributed by atoms with Gasteiger partial charge in [0.2, 0.25) is 0 Å². The molecule has 3 aromatic rings. The molecule has 0 spiro atoms. The lowest BCUT2D eigenvalue weighted by Gasteiger charge is -2.14. The van der Waals surface area contributed by atoms with Crippen molar-refractivity contribution in [3.05, 3.63) is 75.1 Å². The summed E-state index contributed by atoms with van der Waals surface area (Å²) in [6.45, 7) is 0.214. The van der Waals surface area contributed by atoms with Gasteiger partial charge in [0.1, 0.15) is 0 Å². The molecule has 0 radical (unpaired) electrons. The van der Waals surface area contributed by atoms with Gasteiger partial charge in [-0.1, -0.05) is 42.5 Å². The number of aromatic hydroxyl groups is 1. The number of carbonyl (C=O) groups is 2. The van der Waals surface area contributed by atoms with Crippen LogP contribution in [0, 0.1) is 0 Å². The van der Waals surface area contributed by atoms with Gasteiger partial charge in [-0.05, 0) is 67.8 Å². The number of methoxy groups -OCH3 is 1. The van der Waals surface area contributed by atoms with E-state index in [4.69, 9.17) is 4.74 Å². The van der Waals surface area contributed by atoms with E-state index in [1.54, 1.807) is 18.2 Å². The monoisotopic (exact) mass is 469 g/mol. The maximum Gasteiger partial charge on any atom is 0.293 e. The van der Waals surface area contributed by atoms with Crippen LogP contribution in [0.1, 0.15) is 11.1 Å². The number of hydrogen-bond donors (Lipinski definition) is 1. The van der Waals surface area contributed by atoms with Crippen LogP contribution in [0.3, 0.4) is 0 Å². The van der Waals surface area contributed by atoms with E-state index in [0.717, 1.165) is 28.1 Å². The highest BCUT2D eigenvalue weighted by Crippen LogP contribution is 2.38. The Balaban J connectivity index is 1.64. The smallest absolute Gasteiger partial charge is 0.293 e. The van der Waals surface area contributed by atoms with E-state index in [0.29, 0.717) is 14.9 Å². The van der Waals surface area contributed by atoms with Crippen LogP contribution in [-0.2, 0) is 11.3 Å². The highest BCUT2D eigenvalue weighted by molar-refractivity contribution is 9.10. The van der Waals surface area contributed by atoms with Crippen molar-refractivity contribution in [2.75, 3.05) is 7.11 Å². The van der Waals surface area contributed by atoms with Crippen molar-refractivity contribution in [2.24, 2.45) is 0 Å². The van der Waals surface area contributed by atoms with Gasteiger partial charge in [0, 0.05) is 0 Å². The molecule has 29 heavy (non-hydrogen) atoms. The fourth-order valence-electron chi connectivity index (χ4n) is 3.22. The Morgan fingerprint density at radius 3 is 2.69 bits per heavy atom. The molecule has 5 nitrogen and oxygen atoms in total. The number of thioether (sulfide) groups is 1. The van der Waals surface area contributed by atoms with Crippen molar-refractivity contribution in [3.8, 4) is 11.5 Å². The summed E-state index contributed by atoms with van der Waals surface area (Å²) < 4.78 is 5.58. The number of rotatable bonds is 4. The molecule has 146 valence electrons. The first-order valence-electron chi connectivity index (χ1n) is 8.76. The number of imide groups is 1. The Labute approximate surface area is 180 Å². The van der Waals surface area contributed by atoms with Crippen molar-refractivity contribution >= 4 is 55.7 Å². The molecule has 1 N–H and O–H groups in total. The molecule has 0 saturated carbocycles. The van der Waals surface area contributed by atoms with E-state index in [1.807, 2.05) is 42.5 Å². The van der Waals surface area contributed by atoms with Gasteiger partial charge in [0.15, 0.2) is 11.5 Å². The minimum Gasteiger partial charge on any atom is -0.503 e. The zero-order valence-electron chi connectivity index (χ0n) is 15.4. The Morgan fingerprint density at radius 2 is 1.90 bits per heavy atom. The number of amides is 2. The number of phenols is 1. The lowest BCUT2D eigenvalue weighted by atomic mass is 10.0. The standard InChI is InChI=1S/C22H16BrNO4S/c1-28-18-10-13(9-17(23)20(18)25)11-19-21(26)24(22(27)29-19)12-15-7-4-6-14-5-2-3-8-16(14)15/h2-11,25H,12H2,1H3/b19-11+. The number of halogens is 1. The van der Waals surface area contributed by atoms with Crippen molar-refractivity contribution in [3.63, 3.8) is 0 Å². The van der Waals surface area contributed by atoms with E-state index in [9.17, 15) is 14.7 Å². The SMILES string of the molecule is COc1cc(/C=C2/SC(=O)N(Cc3cccc4ccccc34)C2=O)cc(Br)c1O. The van der Waals surface area contributed by atoms with Crippen molar-refractivity contribution < 1.29 is 19.4 Å². The lowest BCUT2D eigenvalue weighted by Crippen LogP contribution is -2.27. The van der Waals surface area contributed by atoms with Gasteiger partial charge in [0.05, 0.1) is 23.0 Å². The fraction of sp³-hybridized carbons (Fsp3) is 0.0909. The molecule has 1 fully saturated rings. The van der Waals surface area contributed by atoms with Gasteiger partial charge >= 0.3 is 0 Å². The number of nitrogens with zero attached hydrogens (tertiary/aromatic N) is 1. The summed E-state index contributed by atoms with van der Waals surface area (Å²) in [6.07, 6.45) is 1.63. The highest BCUT2D eigenvalue weighted by atomic mass is 79.9. The average molecular weight is 470 g/mol. The minimum atomic E-state index is -0.337. The third kappa shape index (κ3) is 3.75. The number of hydrogen-bond acceptors (Lipinski definition) is 5. The Kier molecular flexibility index (Phi) is 5.34. The number of carbonyl (C=O) groups excluding carboxylic acids is 2. The Morgan fingerprint density at radius 1 is 1.14 bits per heavy atom. The Bertz CT molecular complexity index is 1170. The van der Waals surface area contributed by atoms with Crippen molar-refractivity contribution in [1.29, 1.82) is 0 Å². The molecule has 0 bridgehead atoms. The first-order valence-corrected chi connectivity index (χ1v) is 10.4. The fourth-order valence-corrected chi connectivity index (χ4v) is 4.52. The van der Waals surface area contributed by atoms with E-state index in [1.165, 1.54) is 12.0 Å². The quantitative estimate of drug-likeness (QED) is 0.507. The summed E-state index contributed by atoms with van der Waals surface area (Å²) in [7, 11) is 1.45. The van der Waals surface area contributed by atoms with Crippen LogP contribution in [0.5, 0.6) is 11.5 Å². The number of ether oxygens (including phenoxy) is 1. The molecular formula is C22H16BrNO4S. The predicted octanol–water partition coefficient (Wildman–Crippen LogP) is 5.55. The van der Waals surface area contributed by atoms with E-state index < -0.39 is 0 Å². The molecule has 1 saturated heterocycles. The van der Waals surface area contributed by atoms with Gasteiger partial charge in [-0.15, -0.1) is 0 Å². The molecule has 4 rings (SSSR count). The van der Waals surface area contributed by atoms with E-state index in [-0.39, 0.29) is 29.2 Å². The molecule has 0 aromatic heterocycles. The van der Waals surface area contributed by atoms with Crippen molar-refractivity contribution in [1.82, 2.24) is 4.90 Å². The zero-order chi connectivity index (χ0) is 20.5. The van der Waals surface area contributed by atoms with Gasteiger partial charge in [0.25, 0.3) is 11.1 Å². The third-order valence-corrected chi connectivity index (χ3v) is 6.16. The summed E-state index contributed by atoms with van der Waals surface area (Å²) in [5.74, 6) is -0.0783. The predicted molar refractivity (Wildman–Crippen MR) is 118 cm³/mol. The first-order chi connectivity index (χ1) is 14.0. The maximum absolute atomic E-state index is 12.9. The van der Waals surface area contributed by atoms with Crippen LogP contribution >= 0.6 is 27.7 Å². The average Bonchev–Trinajstić information content (AvgIpc) is 2.98. The molecule has 0 aliphatic carbocycles. The number of benzene rings is 3. The second-order valence-electron chi connectivity index (χ2n) is 6.46. The number of phenolic OH excluding ortho intramolecular Hbond substituents is 1. The minimum absolute atomic E-state index is 0.0197. The molecule has 7 heteroatoms. The van der Waals surface area contributed by atoms with Gasteiger partial charge in [-0.3, -0.25) is 14.5 Å². The molecule has 0 unspecified atom stereocenters. The lowest BCUT2D eigenvalue weighted by molar-refractivity contribution is -0.123. The van der Waals surface area contributed by atoms with E-state index >= 15 is 0 Å². The van der Waals surface area contributed by atoms with Gasteiger partial charge in [-0.2, -0.15) is 0 Å². The summed E-state index contributed by atoms with van der Waals surface area (Å²) in [5.41, 5.74) is 1.56. The summed E-state index contributed by atoms with van der Waals surface area (Å²) in [6, 6.07) is 17.0. The van der Waals surface area contributed by atoms with Crippen LogP contribution < -0.4 is 4.74 Å². The highest BCUT2D eigenvalue weighted by Gasteiger charge is 2.35. The van der Waals surface area contributed by atoms with Crippen molar-refractivity contribution in [2.45, 2.75) is 6.54 Å². The molecule has 0 atom stereocenters. The second kappa shape index (κ2) is 7.93. The summed E-state index contributed by atoms with van der Waals surface area (Å²) >= 11 is 4.17. The van der Waals surface area contributed by atoms with Crippen LogP contribution in [0.4, 0.5) is 4.79 Å². The maximum atomic E-state index is 12.9. The van der Waals surface area contributed by atoms with Crippen LogP contribution in [0.25, 0.3) is 16.8 Å². The zero-order valence-corrected chi connectivity index (χ0v) is 17.8. The molecule has 2 amide bonds. The summed E-state index contributed by atoms with van der Waals surface area (Å²) in [4.78, 5) is 27.0. The third-order valence-electron chi connectivity index (χ3n) is 4.65. The van der Waals surface area contributed by atoms with Crippen LogP contribution in [0.2, 0.25) is 0 Å². The van der Waals surface area contributed by atoms with Gasteiger partial charge < -0.3 is 9.84 Å². The van der Waals surface area contributed by atoms with Crippen LogP contribution in [-0.4, -0.2) is 28.3 Å². The molecule has 1 aliphatic heterocycles. The summed E-state index contributed by atoms with van der Waals surface area (Å²) in [5, 5.41) is 11.7. The van der Waals surface area contributed by atoms with Crippen LogP contribution in [0.15, 0.2) is 64.0 Å². The largest absolute Gasteiger partial charge is 0.503 e.